The monoisotopic (exact) mass is 227 g/mol. The molecule has 16 heavy (non-hydrogen) atoms. The Morgan fingerprint density at radius 2 is 2.44 bits per heavy atom. The van der Waals surface area contributed by atoms with E-state index in [2.05, 4.69) is 17.0 Å². The number of nitrogens with one attached hydrogen (secondary N) is 1. The Balaban J connectivity index is 2.25. The zero-order chi connectivity index (χ0) is 12.0. The molecule has 1 aliphatic rings. The van der Waals surface area contributed by atoms with Crippen molar-refractivity contribution in [2.24, 2.45) is 5.92 Å². The first-order chi connectivity index (χ1) is 7.65. The molecule has 1 heterocycles. The van der Waals surface area contributed by atoms with Crippen molar-refractivity contribution in [2.75, 3.05) is 26.9 Å². The molecule has 1 aliphatic heterocycles. The molecule has 0 spiro atoms. The highest BCUT2D eigenvalue weighted by Crippen LogP contribution is 2.16. The highest BCUT2D eigenvalue weighted by molar-refractivity contribution is 5.87. The first-order valence-electron chi connectivity index (χ1n) is 5.71. The first-order valence-corrected chi connectivity index (χ1v) is 5.71. The molecule has 0 amide bonds. The van der Waals surface area contributed by atoms with Gasteiger partial charge in [0.15, 0.2) is 0 Å². The van der Waals surface area contributed by atoms with Crippen LogP contribution in [0.2, 0.25) is 0 Å². The number of esters is 1. The SMILES string of the molecule is COC(=O)C(C)=CCNC(C)C1CCOC1. The molecule has 1 fully saturated rings. The molecule has 92 valence electrons. The van der Waals surface area contributed by atoms with Crippen molar-refractivity contribution >= 4 is 5.97 Å². The van der Waals surface area contributed by atoms with Crippen LogP contribution >= 0.6 is 0 Å². The number of carbonyl (C=O) groups excluding carboxylic acids is 1. The minimum absolute atomic E-state index is 0.265. The van der Waals surface area contributed by atoms with Gasteiger partial charge >= 0.3 is 5.97 Å². The average molecular weight is 227 g/mol. The summed E-state index contributed by atoms with van der Waals surface area (Å²) in [6.07, 6.45) is 2.98. The molecular formula is C12H21NO3. The summed E-state index contributed by atoms with van der Waals surface area (Å²) in [5, 5.41) is 3.37. The fraction of sp³-hybridized carbons (Fsp3) is 0.750. The van der Waals surface area contributed by atoms with Gasteiger partial charge in [0.2, 0.25) is 0 Å². The zero-order valence-electron chi connectivity index (χ0n) is 10.3. The van der Waals surface area contributed by atoms with E-state index in [1.54, 1.807) is 6.92 Å². The third kappa shape index (κ3) is 3.94. The molecule has 2 unspecified atom stereocenters. The molecule has 0 saturated carbocycles. The molecule has 0 aliphatic carbocycles. The summed E-state index contributed by atoms with van der Waals surface area (Å²) < 4.78 is 9.95. The summed E-state index contributed by atoms with van der Waals surface area (Å²) in [6.45, 7) is 6.32. The molecule has 1 rings (SSSR count). The van der Waals surface area contributed by atoms with Crippen LogP contribution in [0.4, 0.5) is 0 Å². The lowest BCUT2D eigenvalue weighted by Gasteiger charge is -2.18. The van der Waals surface area contributed by atoms with Crippen LogP contribution < -0.4 is 5.32 Å². The van der Waals surface area contributed by atoms with Crippen LogP contribution in [-0.2, 0) is 14.3 Å². The second-order valence-electron chi connectivity index (χ2n) is 4.20. The lowest BCUT2D eigenvalue weighted by molar-refractivity contribution is -0.136. The molecule has 0 aromatic heterocycles. The number of rotatable bonds is 5. The molecule has 4 nitrogen and oxygen atoms in total. The predicted octanol–water partition coefficient (Wildman–Crippen LogP) is 1.12. The van der Waals surface area contributed by atoms with Gasteiger partial charge in [-0.3, -0.25) is 0 Å². The van der Waals surface area contributed by atoms with E-state index in [4.69, 9.17) is 4.74 Å². The Hall–Kier alpha value is -0.870. The zero-order valence-corrected chi connectivity index (χ0v) is 10.3. The van der Waals surface area contributed by atoms with E-state index in [0.29, 0.717) is 24.1 Å². The highest BCUT2D eigenvalue weighted by atomic mass is 16.5. The maximum absolute atomic E-state index is 11.1. The Bertz CT molecular complexity index is 257. The second kappa shape index (κ2) is 6.66. The molecule has 0 radical (unpaired) electrons. The van der Waals surface area contributed by atoms with Crippen molar-refractivity contribution in [3.63, 3.8) is 0 Å². The Morgan fingerprint density at radius 1 is 1.69 bits per heavy atom. The van der Waals surface area contributed by atoms with Gasteiger partial charge in [-0.1, -0.05) is 6.08 Å². The van der Waals surface area contributed by atoms with Crippen molar-refractivity contribution in [3.8, 4) is 0 Å². The van der Waals surface area contributed by atoms with Gasteiger partial charge < -0.3 is 14.8 Å². The summed E-state index contributed by atoms with van der Waals surface area (Å²) in [5.74, 6) is 0.325. The number of hydrogen-bond acceptors (Lipinski definition) is 4. The fourth-order valence-electron chi connectivity index (χ4n) is 1.76. The molecule has 4 heteroatoms. The van der Waals surface area contributed by atoms with Crippen LogP contribution in [0.5, 0.6) is 0 Å². The molecular weight excluding hydrogens is 206 g/mol. The van der Waals surface area contributed by atoms with E-state index < -0.39 is 0 Å². The summed E-state index contributed by atoms with van der Waals surface area (Å²) in [4.78, 5) is 11.1. The van der Waals surface area contributed by atoms with E-state index in [1.807, 2.05) is 6.08 Å². The molecule has 1 saturated heterocycles. The largest absolute Gasteiger partial charge is 0.466 e. The van der Waals surface area contributed by atoms with Crippen molar-refractivity contribution in [1.82, 2.24) is 5.32 Å². The number of hydrogen-bond donors (Lipinski definition) is 1. The normalized spacial score (nSPS) is 23.2. The summed E-state index contributed by atoms with van der Waals surface area (Å²) in [6, 6.07) is 0.421. The smallest absolute Gasteiger partial charge is 0.333 e. The molecule has 1 N–H and O–H groups in total. The Kier molecular flexibility index (Phi) is 5.49. The van der Waals surface area contributed by atoms with Crippen LogP contribution in [0.25, 0.3) is 0 Å². The maximum Gasteiger partial charge on any atom is 0.333 e. The van der Waals surface area contributed by atoms with E-state index in [9.17, 15) is 4.79 Å². The maximum atomic E-state index is 11.1. The topological polar surface area (TPSA) is 47.6 Å². The van der Waals surface area contributed by atoms with Crippen LogP contribution in [0, 0.1) is 5.92 Å². The van der Waals surface area contributed by atoms with Crippen LogP contribution in [0.15, 0.2) is 11.6 Å². The lowest BCUT2D eigenvalue weighted by Crippen LogP contribution is -2.34. The number of ether oxygens (including phenoxy) is 2. The van der Waals surface area contributed by atoms with Crippen molar-refractivity contribution in [3.05, 3.63) is 11.6 Å². The lowest BCUT2D eigenvalue weighted by atomic mass is 10.0. The van der Waals surface area contributed by atoms with E-state index in [1.165, 1.54) is 7.11 Å². The average Bonchev–Trinajstić information content (AvgIpc) is 2.81. The van der Waals surface area contributed by atoms with Gasteiger partial charge in [0.1, 0.15) is 0 Å². The van der Waals surface area contributed by atoms with E-state index in [-0.39, 0.29) is 5.97 Å². The van der Waals surface area contributed by atoms with Crippen LogP contribution in [0.3, 0.4) is 0 Å². The standard InChI is InChI=1S/C12H21NO3/c1-9(12(14)15-3)4-6-13-10(2)11-5-7-16-8-11/h4,10-11,13H,5-8H2,1-3H3. The predicted molar refractivity (Wildman–Crippen MR) is 62.2 cm³/mol. The molecule has 0 bridgehead atoms. The highest BCUT2D eigenvalue weighted by Gasteiger charge is 2.21. The van der Waals surface area contributed by atoms with Crippen molar-refractivity contribution in [2.45, 2.75) is 26.3 Å². The summed E-state index contributed by atoms with van der Waals surface area (Å²) in [7, 11) is 1.39. The van der Waals surface area contributed by atoms with Gasteiger partial charge in [-0.2, -0.15) is 0 Å². The third-order valence-corrected chi connectivity index (χ3v) is 3.03. The van der Waals surface area contributed by atoms with Crippen LogP contribution in [0.1, 0.15) is 20.3 Å². The Labute approximate surface area is 97.0 Å². The summed E-state index contributed by atoms with van der Waals surface area (Å²) >= 11 is 0. The van der Waals surface area contributed by atoms with Crippen molar-refractivity contribution in [1.29, 1.82) is 0 Å². The quantitative estimate of drug-likeness (QED) is 0.565. The first kappa shape index (κ1) is 13.2. The van der Waals surface area contributed by atoms with Gasteiger partial charge in [0.05, 0.1) is 13.7 Å². The minimum atomic E-state index is -0.265. The minimum Gasteiger partial charge on any atom is -0.466 e. The Morgan fingerprint density at radius 3 is 3.00 bits per heavy atom. The van der Waals surface area contributed by atoms with Gasteiger partial charge in [0, 0.05) is 24.8 Å². The van der Waals surface area contributed by atoms with E-state index >= 15 is 0 Å². The third-order valence-electron chi connectivity index (χ3n) is 3.03. The van der Waals surface area contributed by atoms with Gasteiger partial charge in [-0.25, -0.2) is 4.79 Å². The van der Waals surface area contributed by atoms with Crippen molar-refractivity contribution < 1.29 is 14.3 Å². The van der Waals surface area contributed by atoms with Gasteiger partial charge in [0.25, 0.3) is 0 Å². The molecule has 0 aromatic rings. The fourth-order valence-corrected chi connectivity index (χ4v) is 1.76. The van der Waals surface area contributed by atoms with E-state index in [0.717, 1.165) is 19.6 Å². The second-order valence-corrected chi connectivity index (χ2v) is 4.20. The van der Waals surface area contributed by atoms with Crippen LogP contribution in [-0.4, -0.2) is 38.9 Å². The summed E-state index contributed by atoms with van der Waals surface area (Å²) in [5.41, 5.74) is 0.643. The van der Waals surface area contributed by atoms with Gasteiger partial charge in [-0.15, -0.1) is 0 Å². The van der Waals surface area contributed by atoms with Gasteiger partial charge in [-0.05, 0) is 26.2 Å². The number of methoxy groups -OCH3 is 1. The number of carbonyl (C=O) groups is 1. The molecule has 0 aromatic carbocycles. The molecule has 2 atom stereocenters.